The Bertz CT molecular complexity index is 1420. The van der Waals surface area contributed by atoms with Gasteiger partial charge in [0.25, 0.3) is 0 Å². The Morgan fingerprint density at radius 1 is 0.273 bits per heavy atom. The number of carbonyl (C=O) groups excluding carboxylic acids is 3. The van der Waals surface area contributed by atoms with E-state index >= 15 is 0 Å². The van der Waals surface area contributed by atoms with Crippen LogP contribution in [0, 0.1) is 0 Å². The zero-order chi connectivity index (χ0) is 55.7. The third-order valence-electron chi connectivity index (χ3n) is 14.7. The third kappa shape index (κ3) is 63.6. The summed E-state index contributed by atoms with van der Waals surface area (Å²) in [5.41, 5.74) is 0. The minimum absolute atomic E-state index is 0.0822. The number of carbonyl (C=O) groups is 3. The maximum Gasteiger partial charge on any atom is 0.306 e. The smallest absolute Gasteiger partial charge is 0.306 e. The summed E-state index contributed by atoms with van der Waals surface area (Å²) in [6.45, 7) is 6.49. The van der Waals surface area contributed by atoms with E-state index in [1.54, 1.807) is 0 Å². The lowest BCUT2D eigenvalue weighted by Gasteiger charge is -2.18. The number of unbranched alkanes of at least 4 members (excludes halogenated alkanes) is 38. The van der Waals surface area contributed by atoms with Crippen LogP contribution in [0.15, 0.2) is 72.9 Å². The Balaban J connectivity index is 4.08. The zero-order valence-corrected chi connectivity index (χ0v) is 51.2. The number of esters is 3. The summed E-state index contributed by atoms with van der Waals surface area (Å²) in [5.74, 6) is -0.896. The zero-order valence-electron chi connectivity index (χ0n) is 51.2. The molecule has 0 amide bonds. The molecule has 446 valence electrons. The van der Waals surface area contributed by atoms with Crippen molar-refractivity contribution in [3.05, 3.63) is 72.9 Å². The summed E-state index contributed by atoms with van der Waals surface area (Å²) in [4.78, 5) is 38.2. The Hall–Kier alpha value is -3.15. The number of rotatable bonds is 61. The standard InChI is InChI=1S/C71H126O6/c1-4-7-10-13-16-19-22-24-26-27-28-29-30-31-32-33-34-35-36-37-38-39-40-41-42-43-45-46-49-52-55-58-61-64-70(73)76-67-68(66-75-69(72)63-60-57-54-51-48-21-18-15-12-9-6-3)77-71(74)65-62-59-56-53-50-47-44-25-23-20-17-14-11-8-5-2/h8,11,15,17-18,20,22,24-25,27-28,44,68H,4-7,9-10,12-14,16,19,21,23,26,29-43,45-67H2,1-3H3/b11-8-,18-15-,20-17-,24-22-,28-27-,44-25-. The Morgan fingerprint density at radius 2 is 0.519 bits per heavy atom. The highest BCUT2D eigenvalue weighted by atomic mass is 16.6. The van der Waals surface area contributed by atoms with Crippen LogP contribution in [0.1, 0.15) is 342 Å². The SMILES string of the molecule is CC/C=C\C/C=C\C/C=C\CCCCCCCC(=O)OC(COC(=O)CCCCCCC/C=C\CCCC)COC(=O)CCCCCCCCCCCCCCCCCCCCCCC/C=C\C/C=C\CCCCCCC. The molecule has 0 aromatic carbocycles. The van der Waals surface area contributed by atoms with Crippen LogP contribution in [0.5, 0.6) is 0 Å². The van der Waals surface area contributed by atoms with Gasteiger partial charge in [-0.25, -0.2) is 0 Å². The van der Waals surface area contributed by atoms with E-state index in [0.29, 0.717) is 19.3 Å². The van der Waals surface area contributed by atoms with Crippen molar-refractivity contribution >= 4 is 17.9 Å². The van der Waals surface area contributed by atoms with E-state index < -0.39 is 6.10 Å². The average molecular weight is 1080 g/mol. The molecule has 0 spiro atoms. The first-order valence-electron chi connectivity index (χ1n) is 33.4. The van der Waals surface area contributed by atoms with Gasteiger partial charge in [-0.1, -0.05) is 293 Å². The van der Waals surface area contributed by atoms with Crippen LogP contribution < -0.4 is 0 Å². The van der Waals surface area contributed by atoms with Crippen molar-refractivity contribution in [2.75, 3.05) is 13.2 Å². The second-order valence-electron chi connectivity index (χ2n) is 22.3. The normalized spacial score (nSPS) is 12.5. The predicted molar refractivity (Wildman–Crippen MR) is 335 cm³/mol. The quantitative estimate of drug-likeness (QED) is 0.0261. The summed E-state index contributed by atoms with van der Waals surface area (Å²) in [7, 11) is 0. The molecular weight excluding hydrogens is 949 g/mol. The maximum absolute atomic E-state index is 12.9. The highest BCUT2D eigenvalue weighted by molar-refractivity contribution is 5.71. The molecule has 0 aliphatic rings. The fourth-order valence-electron chi connectivity index (χ4n) is 9.65. The predicted octanol–water partition coefficient (Wildman–Crippen LogP) is 22.9. The molecule has 1 unspecified atom stereocenters. The van der Waals surface area contributed by atoms with Gasteiger partial charge in [0.05, 0.1) is 0 Å². The summed E-state index contributed by atoms with van der Waals surface area (Å²) < 4.78 is 16.9. The fraction of sp³-hybridized carbons (Fsp3) is 0.789. The van der Waals surface area contributed by atoms with Crippen LogP contribution in [-0.4, -0.2) is 37.2 Å². The van der Waals surface area contributed by atoms with Crippen molar-refractivity contribution in [2.24, 2.45) is 0 Å². The first-order valence-corrected chi connectivity index (χ1v) is 33.4. The molecule has 0 bridgehead atoms. The monoisotopic (exact) mass is 1070 g/mol. The molecule has 6 heteroatoms. The topological polar surface area (TPSA) is 78.9 Å². The van der Waals surface area contributed by atoms with Crippen molar-refractivity contribution < 1.29 is 28.6 Å². The van der Waals surface area contributed by atoms with Crippen molar-refractivity contribution in [1.82, 2.24) is 0 Å². The van der Waals surface area contributed by atoms with Crippen LogP contribution in [0.3, 0.4) is 0 Å². The molecule has 0 heterocycles. The van der Waals surface area contributed by atoms with E-state index in [1.807, 2.05) is 0 Å². The van der Waals surface area contributed by atoms with E-state index in [-0.39, 0.29) is 31.1 Å². The summed E-state index contributed by atoms with van der Waals surface area (Å²) in [5, 5.41) is 0. The van der Waals surface area contributed by atoms with Crippen LogP contribution in [0.25, 0.3) is 0 Å². The molecule has 0 radical (unpaired) electrons. The first-order chi connectivity index (χ1) is 38.0. The molecule has 0 aliphatic carbocycles. The number of allylic oxidation sites excluding steroid dienone is 12. The maximum atomic E-state index is 12.9. The largest absolute Gasteiger partial charge is 0.462 e. The van der Waals surface area contributed by atoms with Gasteiger partial charge in [0.1, 0.15) is 13.2 Å². The summed E-state index contributed by atoms with van der Waals surface area (Å²) in [6.07, 6.45) is 85.2. The molecule has 0 N–H and O–H groups in total. The van der Waals surface area contributed by atoms with Gasteiger partial charge in [0, 0.05) is 19.3 Å². The molecule has 0 saturated heterocycles. The van der Waals surface area contributed by atoms with E-state index in [2.05, 4.69) is 93.7 Å². The van der Waals surface area contributed by atoms with E-state index in [0.717, 1.165) is 109 Å². The first kappa shape index (κ1) is 73.8. The highest BCUT2D eigenvalue weighted by Crippen LogP contribution is 2.17. The fourth-order valence-corrected chi connectivity index (χ4v) is 9.65. The molecule has 0 aromatic heterocycles. The Kier molecular flexibility index (Phi) is 62.7. The second-order valence-corrected chi connectivity index (χ2v) is 22.3. The van der Waals surface area contributed by atoms with Gasteiger partial charge in [0.2, 0.25) is 0 Å². The molecule has 77 heavy (non-hydrogen) atoms. The third-order valence-corrected chi connectivity index (χ3v) is 14.7. The Labute approximate surface area is 478 Å². The average Bonchev–Trinajstić information content (AvgIpc) is 3.43. The lowest BCUT2D eigenvalue weighted by atomic mass is 10.0. The molecular formula is C71H126O6. The van der Waals surface area contributed by atoms with Gasteiger partial charge in [-0.3, -0.25) is 14.4 Å². The molecule has 0 aliphatic heterocycles. The van der Waals surface area contributed by atoms with Gasteiger partial charge in [-0.05, 0) is 103 Å². The summed E-state index contributed by atoms with van der Waals surface area (Å²) >= 11 is 0. The van der Waals surface area contributed by atoms with Gasteiger partial charge in [-0.2, -0.15) is 0 Å². The van der Waals surface area contributed by atoms with Crippen molar-refractivity contribution in [1.29, 1.82) is 0 Å². The number of hydrogen-bond acceptors (Lipinski definition) is 6. The van der Waals surface area contributed by atoms with Gasteiger partial charge < -0.3 is 14.2 Å². The molecule has 0 fully saturated rings. The molecule has 6 nitrogen and oxygen atoms in total. The van der Waals surface area contributed by atoms with Crippen molar-refractivity contribution in [2.45, 2.75) is 348 Å². The molecule has 1 atom stereocenters. The van der Waals surface area contributed by atoms with Gasteiger partial charge in [-0.15, -0.1) is 0 Å². The number of hydrogen-bond donors (Lipinski definition) is 0. The molecule has 0 rings (SSSR count). The van der Waals surface area contributed by atoms with Crippen LogP contribution in [0.4, 0.5) is 0 Å². The van der Waals surface area contributed by atoms with Crippen LogP contribution in [-0.2, 0) is 28.6 Å². The van der Waals surface area contributed by atoms with Gasteiger partial charge >= 0.3 is 17.9 Å². The minimum atomic E-state index is -0.786. The lowest BCUT2D eigenvalue weighted by molar-refractivity contribution is -0.167. The van der Waals surface area contributed by atoms with E-state index in [9.17, 15) is 14.4 Å². The van der Waals surface area contributed by atoms with Gasteiger partial charge in [0.15, 0.2) is 6.10 Å². The van der Waals surface area contributed by atoms with E-state index in [1.165, 1.54) is 193 Å². The van der Waals surface area contributed by atoms with Crippen LogP contribution in [0.2, 0.25) is 0 Å². The molecule has 0 saturated carbocycles. The minimum Gasteiger partial charge on any atom is -0.462 e. The summed E-state index contributed by atoms with van der Waals surface area (Å²) in [6, 6.07) is 0. The van der Waals surface area contributed by atoms with Crippen LogP contribution >= 0.6 is 0 Å². The number of ether oxygens (including phenoxy) is 3. The lowest BCUT2D eigenvalue weighted by Crippen LogP contribution is -2.30. The van der Waals surface area contributed by atoms with Crippen molar-refractivity contribution in [3.8, 4) is 0 Å². The Morgan fingerprint density at radius 3 is 0.844 bits per heavy atom. The van der Waals surface area contributed by atoms with E-state index in [4.69, 9.17) is 14.2 Å². The van der Waals surface area contributed by atoms with Crippen molar-refractivity contribution in [3.63, 3.8) is 0 Å². The second kappa shape index (κ2) is 65.4. The molecule has 0 aromatic rings. The highest BCUT2D eigenvalue weighted by Gasteiger charge is 2.19.